The first-order valence-electron chi connectivity index (χ1n) is 10.4. The van der Waals surface area contributed by atoms with Crippen molar-refractivity contribution in [2.75, 3.05) is 39.3 Å². The van der Waals surface area contributed by atoms with Gasteiger partial charge in [0.1, 0.15) is 0 Å². The third kappa shape index (κ3) is 4.81. The lowest BCUT2D eigenvalue weighted by Gasteiger charge is -2.36. The van der Waals surface area contributed by atoms with Crippen LogP contribution >= 0.6 is 11.3 Å². The Labute approximate surface area is 180 Å². The second-order valence-corrected chi connectivity index (χ2v) is 8.29. The minimum absolute atomic E-state index is 0.0441. The maximum absolute atomic E-state index is 12.4. The zero-order valence-electron chi connectivity index (χ0n) is 17.2. The topological polar surface area (TPSA) is 74.0 Å². The third-order valence-corrected chi connectivity index (χ3v) is 6.18. The molecule has 0 bridgehead atoms. The van der Waals surface area contributed by atoms with Crippen LogP contribution in [0.25, 0.3) is 10.2 Å². The number of aliphatic imine (C=N–C) groups is 1. The molecule has 1 aliphatic heterocycles. The number of hydrogen-bond donors (Lipinski definition) is 1. The smallest absolute Gasteiger partial charge is 0.289 e. The lowest BCUT2D eigenvalue weighted by Crippen LogP contribution is -2.53. The largest absolute Gasteiger partial charge is 0.459 e. The van der Waals surface area contributed by atoms with Crippen LogP contribution in [0, 0.1) is 0 Å². The summed E-state index contributed by atoms with van der Waals surface area (Å²) in [6, 6.07) is 11.7. The quantitative estimate of drug-likeness (QED) is 0.373. The summed E-state index contributed by atoms with van der Waals surface area (Å²) in [7, 11) is 0. The fourth-order valence-electron chi connectivity index (χ4n) is 3.55. The van der Waals surface area contributed by atoms with Crippen molar-refractivity contribution in [2.24, 2.45) is 4.99 Å². The van der Waals surface area contributed by atoms with E-state index >= 15 is 0 Å². The first-order valence-corrected chi connectivity index (χ1v) is 11.3. The molecular formula is C22H27N5O2S. The summed E-state index contributed by atoms with van der Waals surface area (Å²) >= 11 is 1.77. The predicted molar refractivity (Wildman–Crippen MR) is 120 cm³/mol. The molecule has 0 spiro atoms. The van der Waals surface area contributed by atoms with Gasteiger partial charge < -0.3 is 19.5 Å². The van der Waals surface area contributed by atoms with Crippen LogP contribution in [0.15, 0.2) is 52.1 Å². The zero-order chi connectivity index (χ0) is 20.8. The number of nitrogens with one attached hydrogen (secondary N) is 1. The van der Waals surface area contributed by atoms with Gasteiger partial charge in [0, 0.05) is 45.7 Å². The number of piperazine rings is 1. The van der Waals surface area contributed by atoms with Crippen molar-refractivity contribution in [1.82, 2.24) is 20.1 Å². The van der Waals surface area contributed by atoms with E-state index in [1.165, 1.54) is 16.0 Å². The monoisotopic (exact) mass is 425 g/mol. The lowest BCUT2D eigenvalue weighted by molar-refractivity contribution is 0.0657. The van der Waals surface area contributed by atoms with Gasteiger partial charge in [-0.2, -0.15) is 0 Å². The second-order valence-electron chi connectivity index (χ2n) is 7.17. The molecule has 0 unspecified atom stereocenters. The summed E-state index contributed by atoms with van der Waals surface area (Å²) in [6.45, 7) is 6.50. The van der Waals surface area contributed by atoms with Crippen LogP contribution in [-0.2, 0) is 6.42 Å². The number of guanidine groups is 1. The molecule has 0 saturated carbocycles. The molecule has 1 fully saturated rings. The Morgan fingerprint density at radius 3 is 2.70 bits per heavy atom. The van der Waals surface area contributed by atoms with Gasteiger partial charge >= 0.3 is 0 Å². The van der Waals surface area contributed by atoms with Crippen molar-refractivity contribution in [3.63, 3.8) is 0 Å². The predicted octanol–water partition coefficient (Wildman–Crippen LogP) is 3.25. The molecule has 30 heavy (non-hydrogen) atoms. The number of amides is 1. The summed E-state index contributed by atoms with van der Waals surface area (Å²) in [5.41, 5.74) is 1.08. The Morgan fingerprint density at radius 2 is 1.97 bits per heavy atom. The standard InChI is InChI=1S/C22H27N5O2S/c1-2-23-22(24-11-5-10-20-25-17-7-3-4-9-19(17)30-20)27-14-12-26(13-15-27)21(28)18-8-6-16-29-18/h3-4,6-9,16H,2,5,10-15H2,1H3,(H,23,24). The van der Waals surface area contributed by atoms with Crippen molar-refractivity contribution < 1.29 is 9.21 Å². The van der Waals surface area contributed by atoms with Crippen molar-refractivity contribution in [3.05, 3.63) is 53.4 Å². The van der Waals surface area contributed by atoms with E-state index in [0.717, 1.165) is 50.5 Å². The molecule has 158 valence electrons. The molecule has 1 aromatic carbocycles. The normalized spacial score (nSPS) is 15.0. The van der Waals surface area contributed by atoms with Crippen LogP contribution in [0.5, 0.6) is 0 Å². The van der Waals surface area contributed by atoms with E-state index in [0.29, 0.717) is 18.8 Å². The minimum Gasteiger partial charge on any atom is -0.459 e. The van der Waals surface area contributed by atoms with Gasteiger partial charge in [-0.1, -0.05) is 12.1 Å². The highest BCUT2D eigenvalue weighted by Gasteiger charge is 2.25. The Hall–Kier alpha value is -2.87. The van der Waals surface area contributed by atoms with Crippen LogP contribution < -0.4 is 5.32 Å². The van der Waals surface area contributed by atoms with E-state index in [2.05, 4.69) is 35.3 Å². The van der Waals surface area contributed by atoms with E-state index in [1.54, 1.807) is 23.5 Å². The number of para-hydroxylation sites is 1. The van der Waals surface area contributed by atoms with E-state index in [1.807, 2.05) is 11.0 Å². The third-order valence-electron chi connectivity index (χ3n) is 5.08. The molecule has 4 rings (SSSR count). The van der Waals surface area contributed by atoms with Crippen LogP contribution in [0.4, 0.5) is 0 Å². The highest BCUT2D eigenvalue weighted by Crippen LogP contribution is 2.22. The van der Waals surface area contributed by atoms with Gasteiger partial charge in [-0.05, 0) is 37.6 Å². The molecule has 3 heterocycles. The number of carbonyl (C=O) groups excluding carboxylic acids is 1. The van der Waals surface area contributed by atoms with Gasteiger partial charge in [-0.25, -0.2) is 4.98 Å². The number of aryl methyl sites for hydroxylation is 1. The van der Waals surface area contributed by atoms with Gasteiger partial charge in [0.05, 0.1) is 21.5 Å². The number of carbonyl (C=O) groups is 1. The summed E-state index contributed by atoms with van der Waals surface area (Å²) < 4.78 is 6.48. The number of benzene rings is 1. The maximum Gasteiger partial charge on any atom is 0.289 e. The van der Waals surface area contributed by atoms with Crippen LogP contribution in [0.1, 0.15) is 28.9 Å². The lowest BCUT2D eigenvalue weighted by atomic mass is 10.3. The molecule has 0 aliphatic carbocycles. The summed E-state index contributed by atoms with van der Waals surface area (Å²) in [4.78, 5) is 26.0. The minimum atomic E-state index is -0.0441. The molecule has 3 aromatic rings. The molecule has 7 nitrogen and oxygen atoms in total. The molecule has 1 amide bonds. The van der Waals surface area contributed by atoms with Crippen molar-refractivity contribution in [1.29, 1.82) is 0 Å². The molecule has 1 saturated heterocycles. The summed E-state index contributed by atoms with van der Waals surface area (Å²) in [5.74, 6) is 1.28. The average Bonchev–Trinajstić information content (AvgIpc) is 3.45. The fraction of sp³-hybridized carbons (Fsp3) is 0.409. The van der Waals surface area contributed by atoms with E-state index in [9.17, 15) is 4.79 Å². The number of rotatable bonds is 6. The Morgan fingerprint density at radius 1 is 1.17 bits per heavy atom. The van der Waals surface area contributed by atoms with E-state index < -0.39 is 0 Å². The molecule has 0 radical (unpaired) electrons. The van der Waals surface area contributed by atoms with Gasteiger partial charge in [0.2, 0.25) is 0 Å². The highest BCUT2D eigenvalue weighted by molar-refractivity contribution is 7.18. The van der Waals surface area contributed by atoms with Crippen LogP contribution in [0.3, 0.4) is 0 Å². The van der Waals surface area contributed by atoms with Crippen LogP contribution in [0.2, 0.25) is 0 Å². The highest BCUT2D eigenvalue weighted by atomic mass is 32.1. The molecule has 1 N–H and O–H groups in total. The fourth-order valence-corrected chi connectivity index (χ4v) is 4.55. The Kier molecular flexibility index (Phi) is 6.63. The van der Waals surface area contributed by atoms with Gasteiger partial charge in [0.25, 0.3) is 5.91 Å². The maximum atomic E-state index is 12.4. The number of hydrogen-bond acceptors (Lipinski definition) is 5. The van der Waals surface area contributed by atoms with Crippen molar-refractivity contribution in [3.8, 4) is 0 Å². The van der Waals surface area contributed by atoms with Gasteiger partial charge in [-0.3, -0.25) is 9.79 Å². The second kappa shape index (κ2) is 9.75. The first-order chi connectivity index (χ1) is 14.7. The Balaban J connectivity index is 1.28. The molecule has 2 aromatic heterocycles. The number of fused-ring (bicyclic) bond motifs is 1. The number of nitrogens with zero attached hydrogens (tertiary/aromatic N) is 4. The van der Waals surface area contributed by atoms with Crippen molar-refractivity contribution in [2.45, 2.75) is 19.8 Å². The Bertz CT molecular complexity index is 957. The number of aromatic nitrogens is 1. The number of furan rings is 1. The van der Waals surface area contributed by atoms with E-state index in [4.69, 9.17) is 14.4 Å². The van der Waals surface area contributed by atoms with Crippen molar-refractivity contribution >= 4 is 33.4 Å². The first kappa shape index (κ1) is 20.4. The summed E-state index contributed by atoms with van der Waals surface area (Å²) in [6.07, 6.45) is 3.44. The summed E-state index contributed by atoms with van der Waals surface area (Å²) in [5, 5.41) is 4.55. The number of thiazole rings is 1. The van der Waals surface area contributed by atoms with Gasteiger partial charge in [0.15, 0.2) is 11.7 Å². The van der Waals surface area contributed by atoms with Gasteiger partial charge in [-0.15, -0.1) is 11.3 Å². The SMILES string of the molecule is CCNC(=NCCCc1nc2ccccc2s1)N1CCN(C(=O)c2ccco2)CC1. The zero-order valence-corrected chi connectivity index (χ0v) is 18.0. The van der Waals surface area contributed by atoms with Crippen LogP contribution in [-0.4, -0.2) is 65.9 Å². The van der Waals surface area contributed by atoms with E-state index in [-0.39, 0.29) is 5.91 Å². The molecule has 1 aliphatic rings. The molecular weight excluding hydrogens is 398 g/mol. The molecule has 8 heteroatoms. The average molecular weight is 426 g/mol. The molecule has 0 atom stereocenters.